The standard InChI is InChI=1S/C19H14ClN7O2/c20-12-2-1-3-13(7-12)26-18-16-17(22-9-23-18)19(24-10-21-16)27-25-8-11-4-5-14(28)15(29)6-11/h1-10,28-29H,(H,21,24,27)(H,22,23,26)/b25-8+. The minimum Gasteiger partial charge on any atom is -0.504 e. The summed E-state index contributed by atoms with van der Waals surface area (Å²) in [5.74, 6) is 0.445. The average Bonchev–Trinajstić information content (AvgIpc) is 2.71. The molecule has 4 N–H and O–H groups in total. The predicted octanol–water partition coefficient (Wildman–Crippen LogP) is 3.67. The van der Waals surface area contributed by atoms with Gasteiger partial charge in [-0.3, -0.25) is 5.43 Å². The van der Waals surface area contributed by atoms with Crippen LogP contribution in [0.3, 0.4) is 0 Å². The fourth-order valence-electron chi connectivity index (χ4n) is 2.54. The number of hydrazone groups is 1. The van der Waals surface area contributed by atoms with Gasteiger partial charge < -0.3 is 15.5 Å². The molecule has 0 bridgehead atoms. The predicted molar refractivity (Wildman–Crippen MR) is 111 cm³/mol. The minimum absolute atomic E-state index is 0.201. The van der Waals surface area contributed by atoms with E-state index in [1.165, 1.54) is 31.0 Å². The second-order valence-corrected chi connectivity index (χ2v) is 6.33. The molecule has 2 aromatic carbocycles. The number of aromatic nitrogens is 4. The highest BCUT2D eigenvalue weighted by atomic mass is 35.5. The second kappa shape index (κ2) is 7.95. The fourth-order valence-corrected chi connectivity index (χ4v) is 2.74. The van der Waals surface area contributed by atoms with Crippen molar-refractivity contribution in [3.8, 4) is 11.5 Å². The van der Waals surface area contributed by atoms with Crippen LogP contribution in [0.25, 0.3) is 11.0 Å². The number of benzene rings is 2. The number of halogens is 1. The number of fused-ring (bicyclic) bond motifs is 1. The molecule has 0 amide bonds. The third-order valence-corrected chi connectivity index (χ3v) is 4.13. The molecule has 0 unspecified atom stereocenters. The van der Waals surface area contributed by atoms with Crippen molar-refractivity contribution in [2.75, 3.05) is 10.7 Å². The number of hydrogen-bond donors (Lipinski definition) is 4. The molecule has 0 radical (unpaired) electrons. The molecule has 29 heavy (non-hydrogen) atoms. The maximum atomic E-state index is 9.54. The van der Waals surface area contributed by atoms with Gasteiger partial charge in [-0.2, -0.15) is 5.10 Å². The van der Waals surface area contributed by atoms with Crippen LogP contribution in [-0.4, -0.2) is 36.4 Å². The summed E-state index contributed by atoms with van der Waals surface area (Å²) in [6.45, 7) is 0. The van der Waals surface area contributed by atoms with Crippen molar-refractivity contribution in [1.82, 2.24) is 19.9 Å². The van der Waals surface area contributed by atoms with Gasteiger partial charge in [0.1, 0.15) is 23.7 Å². The molecule has 0 saturated carbocycles. The quantitative estimate of drug-likeness (QED) is 0.224. The van der Waals surface area contributed by atoms with E-state index in [0.29, 0.717) is 33.3 Å². The molecule has 0 aliphatic carbocycles. The molecule has 9 nitrogen and oxygen atoms in total. The molecule has 144 valence electrons. The molecule has 0 atom stereocenters. The lowest BCUT2D eigenvalue weighted by Gasteiger charge is -2.09. The average molecular weight is 408 g/mol. The molecule has 0 saturated heterocycles. The van der Waals surface area contributed by atoms with Crippen molar-refractivity contribution in [1.29, 1.82) is 0 Å². The van der Waals surface area contributed by atoms with Crippen LogP contribution >= 0.6 is 11.6 Å². The Hall–Kier alpha value is -3.98. The number of rotatable bonds is 5. The largest absolute Gasteiger partial charge is 0.504 e. The van der Waals surface area contributed by atoms with Crippen LogP contribution in [0.4, 0.5) is 17.3 Å². The Morgan fingerprint density at radius 1 is 0.862 bits per heavy atom. The number of hydrogen-bond acceptors (Lipinski definition) is 9. The van der Waals surface area contributed by atoms with E-state index < -0.39 is 0 Å². The smallest absolute Gasteiger partial charge is 0.176 e. The summed E-state index contributed by atoms with van der Waals surface area (Å²) < 4.78 is 0. The summed E-state index contributed by atoms with van der Waals surface area (Å²) >= 11 is 6.03. The zero-order valence-electron chi connectivity index (χ0n) is 14.8. The van der Waals surface area contributed by atoms with E-state index in [-0.39, 0.29) is 11.5 Å². The van der Waals surface area contributed by atoms with Crippen LogP contribution in [0, 0.1) is 0 Å². The highest BCUT2D eigenvalue weighted by molar-refractivity contribution is 6.30. The summed E-state index contributed by atoms with van der Waals surface area (Å²) in [5.41, 5.74) is 5.12. The van der Waals surface area contributed by atoms with E-state index in [9.17, 15) is 10.2 Å². The Morgan fingerprint density at radius 3 is 2.38 bits per heavy atom. The summed E-state index contributed by atoms with van der Waals surface area (Å²) in [4.78, 5) is 16.9. The topological polar surface area (TPSA) is 128 Å². The van der Waals surface area contributed by atoms with Gasteiger partial charge in [-0.05, 0) is 42.0 Å². The van der Waals surface area contributed by atoms with Crippen LogP contribution in [-0.2, 0) is 0 Å². The van der Waals surface area contributed by atoms with E-state index in [2.05, 4.69) is 35.8 Å². The fraction of sp³-hybridized carbons (Fsp3) is 0. The maximum absolute atomic E-state index is 9.54. The van der Waals surface area contributed by atoms with Crippen LogP contribution in [0.2, 0.25) is 5.02 Å². The molecular formula is C19H14ClN7O2. The first-order valence-corrected chi connectivity index (χ1v) is 8.77. The zero-order chi connectivity index (χ0) is 20.2. The van der Waals surface area contributed by atoms with Crippen molar-refractivity contribution in [2.24, 2.45) is 5.10 Å². The van der Waals surface area contributed by atoms with Crippen molar-refractivity contribution in [3.05, 3.63) is 65.7 Å². The monoisotopic (exact) mass is 407 g/mol. The number of phenolic OH excluding ortho intramolecular Hbond substituents is 2. The highest BCUT2D eigenvalue weighted by Crippen LogP contribution is 2.26. The van der Waals surface area contributed by atoms with Gasteiger partial charge in [0.05, 0.1) is 6.21 Å². The molecule has 0 aliphatic rings. The lowest BCUT2D eigenvalue weighted by atomic mass is 10.2. The van der Waals surface area contributed by atoms with Gasteiger partial charge in [0.25, 0.3) is 0 Å². The maximum Gasteiger partial charge on any atom is 0.176 e. The molecule has 10 heteroatoms. The third-order valence-electron chi connectivity index (χ3n) is 3.89. The van der Waals surface area contributed by atoms with E-state index in [0.717, 1.165) is 5.69 Å². The van der Waals surface area contributed by atoms with Gasteiger partial charge >= 0.3 is 0 Å². The zero-order valence-corrected chi connectivity index (χ0v) is 15.5. The Morgan fingerprint density at radius 2 is 1.62 bits per heavy atom. The lowest BCUT2D eigenvalue weighted by molar-refractivity contribution is 0.403. The van der Waals surface area contributed by atoms with Crippen LogP contribution in [0.15, 0.2) is 60.2 Å². The van der Waals surface area contributed by atoms with E-state index in [1.807, 2.05) is 12.1 Å². The van der Waals surface area contributed by atoms with Crippen LogP contribution in [0.1, 0.15) is 5.56 Å². The number of nitrogens with one attached hydrogen (secondary N) is 2. The number of anilines is 3. The number of phenols is 2. The van der Waals surface area contributed by atoms with Gasteiger partial charge in [-0.1, -0.05) is 17.7 Å². The summed E-state index contributed by atoms with van der Waals surface area (Å²) in [5, 5.41) is 26.8. The first kappa shape index (κ1) is 18.4. The normalized spacial score (nSPS) is 11.1. The third kappa shape index (κ3) is 4.14. The molecule has 0 fully saturated rings. The molecule has 2 heterocycles. The van der Waals surface area contributed by atoms with Crippen molar-refractivity contribution in [2.45, 2.75) is 0 Å². The van der Waals surface area contributed by atoms with Gasteiger partial charge in [-0.25, -0.2) is 19.9 Å². The first-order chi connectivity index (χ1) is 14.1. The van der Waals surface area contributed by atoms with E-state index >= 15 is 0 Å². The van der Waals surface area contributed by atoms with Gasteiger partial charge in [0, 0.05) is 10.7 Å². The van der Waals surface area contributed by atoms with Gasteiger partial charge in [0.15, 0.2) is 23.1 Å². The number of nitrogens with zero attached hydrogens (tertiary/aromatic N) is 5. The van der Waals surface area contributed by atoms with Gasteiger partial charge in [-0.15, -0.1) is 0 Å². The van der Waals surface area contributed by atoms with Crippen molar-refractivity contribution >= 4 is 46.2 Å². The molecule has 0 aliphatic heterocycles. The van der Waals surface area contributed by atoms with Crippen LogP contribution < -0.4 is 10.7 Å². The van der Waals surface area contributed by atoms with E-state index in [4.69, 9.17) is 11.6 Å². The molecular weight excluding hydrogens is 394 g/mol. The van der Waals surface area contributed by atoms with Gasteiger partial charge in [0.2, 0.25) is 0 Å². The molecule has 4 aromatic rings. The Bertz CT molecular complexity index is 1220. The minimum atomic E-state index is -0.231. The molecule has 0 spiro atoms. The molecule has 2 aromatic heterocycles. The Labute approximate surface area is 169 Å². The summed E-state index contributed by atoms with van der Waals surface area (Å²) in [7, 11) is 0. The van der Waals surface area contributed by atoms with E-state index in [1.54, 1.807) is 18.2 Å². The number of aromatic hydroxyl groups is 2. The summed E-state index contributed by atoms with van der Waals surface area (Å²) in [6, 6.07) is 11.6. The Kier molecular flexibility index (Phi) is 5.04. The van der Waals surface area contributed by atoms with Crippen molar-refractivity contribution < 1.29 is 10.2 Å². The van der Waals surface area contributed by atoms with Crippen molar-refractivity contribution in [3.63, 3.8) is 0 Å². The molecule has 4 rings (SSSR count). The summed E-state index contributed by atoms with van der Waals surface area (Å²) in [6.07, 6.45) is 4.24. The second-order valence-electron chi connectivity index (χ2n) is 5.90. The Balaban J connectivity index is 1.60. The van der Waals surface area contributed by atoms with Crippen LogP contribution in [0.5, 0.6) is 11.5 Å². The highest BCUT2D eigenvalue weighted by Gasteiger charge is 2.10. The SMILES string of the molecule is Oc1ccc(/C=N/Nc2ncnc3c(Nc4cccc(Cl)c4)ncnc23)cc1O. The lowest BCUT2D eigenvalue weighted by Crippen LogP contribution is -2.01. The first-order valence-electron chi connectivity index (χ1n) is 8.39.